The number of hydrogen-bond donors (Lipinski definition) is 2. The summed E-state index contributed by atoms with van der Waals surface area (Å²) in [7, 11) is 0. The van der Waals surface area contributed by atoms with Gasteiger partial charge in [-0.15, -0.1) is 0 Å². The first-order valence-corrected chi connectivity index (χ1v) is 6.96. The first-order valence-electron chi connectivity index (χ1n) is 6.96. The minimum atomic E-state index is -0.807. The number of carboxylic acid groups (broad SMARTS) is 1. The van der Waals surface area contributed by atoms with Gasteiger partial charge in [-0.05, 0) is 37.6 Å². The van der Waals surface area contributed by atoms with Crippen LogP contribution in [0.15, 0.2) is 24.3 Å². The highest BCUT2D eigenvalue weighted by Crippen LogP contribution is 2.33. The molecule has 1 atom stereocenters. The van der Waals surface area contributed by atoms with E-state index in [4.69, 9.17) is 0 Å². The zero-order chi connectivity index (χ0) is 15.5. The lowest BCUT2D eigenvalue weighted by Gasteiger charge is -2.22. The fraction of sp³-hybridized carbons (Fsp3) is 0.467. The lowest BCUT2D eigenvalue weighted by molar-refractivity contribution is -0.148. The van der Waals surface area contributed by atoms with Crippen LogP contribution in [-0.2, 0) is 9.59 Å². The van der Waals surface area contributed by atoms with E-state index in [1.807, 2.05) is 11.8 Å². The Hall–Kier alpha value is -1.95. The standard InChI is InChI=1S/C15H19FN2O3/c1-2-15(14(20)21)6-7-18(10-15)9-13(19)17-12-5-3-4-11(16)8-12/h3-5,8H,2,6-7,9-10H2,1H3,(H,17,19)(H,20,21). The molecule has 5 nitrogen and oxygen atoms in total. The number of carboxylic acids is 1. The molecule has 21 heavy (non-hydrogen) atoms. The number of halogens is 1. The van der Waals surface area contributed by atoms with Crippen LogP contribution in [0.25, 0.3) is 0 Å². The zero-order valence-corrected chi connectivity index (χ0v) is 11.9. The monoisotopic (exact) mass is 294 g/mol. The van der Waals surface area contributed by atoms with E-state index >= 15 is 0 Å². The van der Waals surface area contributed by atoms with E-state index in [0.29, 0.717) is 31.6 Å². The van der Waals surface area contributed by atoms with Crippen LogP contribution in [0.1, 0.15) is 19.8 Å². The largest absolute Gasteiger partial charge is 0.481 e. The fourth-order valence-electron chi connectivity index (χ4n) is 2.68. The van der Waals surface area contributed by atoms with Gasteiger partial charge in [0.1, 0.15) is 5.82 Å². The number of carbonyl (C=O) groups is 2. The molecule has 2 rings (SSSR count). The molecule has 1 saturated heterocycles. The number of likely N-dealkylation sites (tertiary alicyclic amines) is 1. The van der Waals surface area contributed by atoms with Crippen molar-refractivity contribution in [2.24, 2.45) is 5.41 Å². The summed E-state index contributed by atoms with van der Waals surface area (Å²) in [5.41, 5.74) is -0.349. The third-order valence-corrected chi connectivity index (χ3v) is 4.04. The Morgan fingerprint density at radius 1 is 1.48 bits per heavy atom. The first-order chi connectivity index (χ1) is 9.95. The minimum Gasteiger partial charge on any atom is -0.481 e. The molecule has 1 fully saturated rings. The molecule has 0 aromatic heterocycles. The number of nitrogens with zero attached hydrogens (tertiary/aromatic N) is 1. The molecule has 1 amide bonds. The van der Waals surface area contributed by atoms with Gasteiger partial charge >= 0.3 is 5.97 Å². The van der Waals surface area contributed by atoms with E-state index in [-0.39, 0.29) is 12.5 Å². The molecule has 0 aliphatic carbocycles. The molecule has 0 bridgehead atoms. The second-order valence-corrected chi connectivity index (χ2v) is 5.46. The number of benzene rings is 1. The molecule has 1 aromatic carbocycles. The molecular weight excluding hydrogens is 275 g/mol. The summed E-state index contributed by atoms with van der Waals surface area (Å²) >= 11 is 0. The van der Waals surface area contributed by atoms with Gasteiger partial charge in [0.05, 0.1) is 12.0 Å². The van der Waals surface area contributed by atoms with Gasteiger partial charge in [0.25, 0.3) is 0 Å². The molecule has 6 heteroatoms. The Morgan fingerprint density at radius 2 is 2.24 bits per heavy atom. The van der Waals surface area contributed by atoms with Gasteiger partial charge in [-0.1, -0.05) is 13.0 Å². The first kappa shape index (κ1) is 15.4. The van der Waals surface area contributed by atoms with Gasteiger partial charge < -0.3 is 10.4 Å². The van der Waals surface area contributed by atoms with Crippen molar-refractivity contribution < 1.29 is 19.1 Å². The highest BCUT2D eigenvalue weighted by Gasteiger charge is 2.43. The van der Waals surface area contributed by atoms with Gasteiger partial charge in [0.15, 0.2) is 0 Å². The highest BCUT2D eigenvalue weighted by molar-refractivity contribution is 5.92. The van der Waals surface area contributed by atoms with E-state index in [9.17, 15) is 19.1 Å². The van der Waals surface area contributed by atoms with Crippen molar-refractivity contribution in [1.82, 2.24) is 4.90 Å². The topological polar surface area (TPSA) is 69.6 Å². The summed E-state index contributed by atoms with van der Waals surface area (Å²) in [5.74, 6) is -1.49. The van der Waals surface area contributed by atoms with Gasteiger partial charge in [-0.2, -0.15) is 0 Å². The van der Waals surface area contributed by atoms with Crippen LogP contribution in [0.2, 0.25) is 0 Å². The second-order valence-electron chi connectivity index (χ2n) is 5.46. The third-order valence-electron chi connectivity index (χ3n) is 4.04. The Kier molecular flexibility index (Phi) is 4.57. The number of aliphatic carboxylic acids is 1. The number of carbonyl (C=O) groups excluding carboxylic acids is 1. The van der Waals surface area contributed by atoms with Crippen molar-refractivity contribution in [3.05, 3.63) is 30.1 Å². The van der Waals surface area contributed by atoms with E-state index in [1.165, 1.54) is 18.2 Å². The average Bonchev–Trinajstić information content (AvgIpc) is 2.83. The van der Waals surface area contributed by atoms with Crippen LogP contribution < -0.4 is 5.32 Å². The number of anilines is 1. The molecule has 1 aromatic rings. The van der Waals surface area contributed by atoms with Crippen molar-refractivity contribution in [3.63, 3.8) is 0 Å². The number of rotatable bonds is 5. The average molecular weight is 294 g/mol. The molecule has 114 valence electrons. The van der Waals surface area contributed by atoms with Crippen LogP contribution in [0.5, 0.6) is 0 Å². The molecule has 0 radical (unpaired) electrons. The van der Waals surface area contributed by atoms with Crippen LogP contribution in [0, 0.1) is 11.2 Å². The Bertz CT molecular complexity index is 549. The van der Waals surface area contributed by atoms with Crippen molar-refractivity contribution in [1.29, 1.82) is 0 Å². The summed E-state index contributed by atoms with van der Waals surface area (Å²) in [4.78, 5) is 25.1. The molecule has 1 aliphatic heterocycles. The molecule has 1 aliphatic rings. The van der Waals surface area contributed by atoms with Crippen molar-refractivity contribution in [2.75, 3.05) is 25.0 Å². The lowest BCUT2D eigenvalue weighted by Crippen LogP contribution is -2.37. The number of amides is 1. The highest BCUT2D eigenvalue weighted by atomic mass is 19.1. The summed E-state index contributed by atoms with van der Waals surface area (Å²) in [6.07, 6.45) is 1.09. The summed E-state index contributed by atoms with van der Waals surface area (Å²) in [5, 5.41) is 11.9. The van der Waals surface area contributed by atoms with Gasteiger partial charge in [0, 0.05) is 12.2 Å². The van der Waals surface area contributed by atoms with E-state index in [2.05, 4.69) is 5.32 Å². The molecule has 1 unspecified atom stereocenters. The van der Waals surface area contributed by atoms with E-state index in [1.54, 1.807) is 6.07 Å². The van der Waals surface area contributed by atoms with Crippen LogP contribution >= 0.6 is 0 Å². The van der Waals surface area contributed by atoms with Gasteiger partial charge in [-0.25, -0.2) is 4.39 Å². The summed E-state index contributed by atoms with van der Waals surface area (Å²) < 4.78 is 13.0. The van der Waals surface area contributed by atoms with Crippen LogP contribution in [0.3, 0.4) is 0 Å². The molecule has 1 heterocycles. The van der Waals surface area contributed by atoms with Crippen molar-refractivity contribution in [3.8, 4) is 0 Å². The predicted molar refractivity (Wildman–Crippen MR) is 76.4 cm³/mol. The smallest absolute Gasteiger partial charge is 0.310 e. The maximum atomic E-state index is 13.0. The number of hydrogen-bond acceptors (Lipinski definition) is 3. The predicted octanol–water partition coefficient (Wildman–Crippen LogP) is 1.95. The summed E-state index contributed by atoms with van der Waals surface area (Å²) in [6, 6.07) is 5.68. The van der Waals surface area contributed by atoms with E-state index < -0.39 is 17.2 Å². The van der Waals surface area contributed by atoms with Crippen LogP contribution in [-0.4, -0.2) is 41.5 Å². The number of nitrogens with one attached hydrogen (secondary N) is 1. The molecule has 0 saturated carbocycles. The van der Waals surface area contributed by atoms with Gasteiger partial charge in [0.2, 0.25) is 5.91 Å². The zero-order valence-electron chi connectivity index (χ0n) is 11.9. The minimum absolute atomic E-state index is 0.117. The van der Waals surface area contributed by atoms with Crippen LogP contribution in [0.4, 0.5) is 10.1 Å². The quantitative estimate of drug-likeness (QED) is 0.871. The Morgan fingerprint density at radius 3 is 2.81 bits per heavy atom. The maximum absolute atomic E-state index is 13.0. The SMILES string of the molecule is CCC1(C(=O)O)CCN(CC(=O)Nc2cccc(F)c2)C1. The van der Waals surface area contributed by atoms with Gasteiger partial charge in [-0.3, -0.25) is 14.5 Å². The molecular formula is C15H19FN2O3. The molecule has 0 spiro atoms. The second kappa shape index (κ2) is 6.22. The van der Waals surface area contributed by atoms with Crippen molar-refractivity contribution >= 4 is 17.6 Å². The van der Waals surface area contributed by atoms with Crippen molar-refractivity contribution in [2.45, 2.75) is 19.8 Å². The normalized spacial score (nSPS) is 22.2. The summed E-state index contributed by atoms with van der Waals surface area (Å²) in [6.45, 7) is 2.92. The Labute approximate surface area is 122 Å². The lowest BCUT2D eigenvalue weighted by atomic mass is 9.84. The third kappa shape index (κ3) is 3.58. The maximum Gasteiger partial charge on any atom is 0.310 e. The van der Waals surface area contributed by atoms with E-state index in [0.717, 1.165) is 0 Å². The Balaban J connectivity index is 1.91. The fourth-order valence-corrected chi connectivity index (χ4v) is 2.68. The molecule has 2 N–H and O–H groups in total.